The lowest BCUT2D eigenvalue weighted by Crippen LogP contribution is -2.34. The zero-order valence-electron chi connectivity index (χ0n) is 29.8. The zero-order valence-corrected chi connectivity index (χ0v) is 32.3. The Bertz CT molecular complexity index is 2250. The van der Waals surface area contributed by atoms with E-state index < -0.39 is 47.5 Å². The summed E-state index contributed by atoms with van der Waals surface area (Å²) in [6.07, 6.45) is 7.06. The minimum absolute atomic E-state index is 0.0131. The standard InChI is InChI=1S/C35H44N2O14S3/c1-35(14-4-22-52(40,41)42)30-25-28(54(46,47)48)9-11-31(30)37(17-21-50-18-13-34(38)39)33(35)7-3-6-26-12-19-51-32-24-27(8-10-29(26)32)36(16-20-49-2)15-5-23-53(43,44)45/h3,6-12,19,24-25H,4-5,13-18,20-23H2,1-2H3,(H3-,38,39,40,41,42,43,44,45,46,47,48)/p+1. The lowest BCUT2D eigenvalue weighted by atomic mass is 9.77. The van der Waals surface area contributed by atoms with Crippen LogP contribution in [0.1, 0.15) is 43.7 Å². The molecule has 3 aliphatic rings. The summed E-state index contributed by atoms with van der Waals surface area (Å²) in [5.41, 5.74) is 2.18. The van der Waals surface area contributed by atoms with Gasteiger partial charge in [0.15, 0.2) is 6.54 Å². The molecule has 1 aromatic carbocycles. The van der Waals surface area contributed by atoms with Crippen LogP contribution in [-0.2, 0) is 50.0 Å². The Morgan fingerprint density at radius 2 is 1.65 bits per heavy atom. The summed E-state index contributed by atoms with van der Waals surface area (Å²) in [6, 6.07) is 11.4. The molecule has 19 heteroatoms. The van der Waals surface area contributed by atoms with Crippen LogP contribution in [-0.4, -0.2) is 108 Å². The third-order valence-corrected chi connectivity index (χ3v) is 11.5. The van der Waals surface area contributed by atoms with Crippen molar-refractivity contribution in [1.82, 2.24) is 4.58 Å². The van der Waals surface area contributed by atoms with Gasteiger partial charge in [-0.25, -0.2) is 4.58 Å². The molecule has 4 rings (SSSR count). The van der Waals surface area contributed by atoms with Crippen molar-refractivity contribution in [3.8, 4) is 11.3 Å². The molecule has 2 aliphatic heterocycles. The molecule has 0 aromatic heterocycles. The summed E-state index contributed by atoms with van der Waals surface area (Å²) in [5, 5.41) is 9.75. The number of carbonyl (C=O) groups is 1. The molecule has 0 amide bonds. The van der Waals surface area contributed by atoms with Crippen LogP contribution < -0.4 is 14.8 Å². The van der Waals surface area contributed by atoms with Gasteiger partial charge in [-0.05, 0) is 67.3 Å². The maximum absolute atomic E-state index is 12.2. The van der Waals surface area contributed by atoms with Gasteiger partial charge in [-0.15, -0.1) is 0 Å². The van der Waals surface area contributed by atoms with E-state index in [2.05, 4.69) is 0 Å². The first-order valence-corrected chi connectivity index (χ1v) is 21.5. The quantitative estimate of drug-likeness (QED) is 0.0728. The van der Waals surface area contributed by atoms with E-state index in [0.717, 1.165) is 16.5 Å². The van der Waals surface area contributed by atoms with Gasteiger partial charge in [-0.1, -0.05) is 12.2 Å². The second-order valence-electron chi connectivity index (χ2n) is 12.9. The monoisotopic (exact) mass is 813 g/mol. The van der Waals surface area contributed by atoms with Crippen LogP contribution in [0.15, 0.2) is 75.9 Å². The summed E-state index contributed by atoms with van der Waals surface area (Å²) in [4.78, 5) is 12.5. The minimum Gasteiger partial charge on any atom is -0.481 e. The molecule has 4 N–H and O–H groups in total. The molecule has 0 spiro atoms. The number of rotatable bonds is 20. The van der Waals surface area contributed by atoms with E-state index in [-0.39, 0.29) is 56.1 Å². The Morgan fingerprint density at radius 3 is 2.31 bits per heavy atom. The van der Waals surface area contributed by atoms with Crippen molar-refractivity contribution in [2.75, 3.05) is 63.0 Å². The highest BCUT2D eigenvalue weighted by Crippen LogP contribution is 2.51. The van der Waals surface area contributed by atoms with Crippen molar-refractivity contribution in [3.63, 3.8) is 0 Å². The van der Waals surface area contributed by atoms with E-state index in [1.54, 1.807) is 32.3 Å². The Labute approximate surface area is 314 Å². The first-order chi connectivity index (χ1) is 25.3. The van der Waals surface area contributed by atoms with E-state index in [4.69, 9.17) is 19.0 Å². The molecule has 1 aliphatic carbocycles. The van der Waals surface area contributed by atoms with Crippen LogP contribution in [0.5, 0.6) is 0 Å². The van der Waals surface area contributed by atoms with Crippen LogP contribution in [0.25, 0.3) is 17.4 Å². The highest BCUT2D eigenvalue weighted by molar-refractivity contribution is 7.86. The van der Waals surface area contributed by atoms with Gasteiger partial charge in [-0.3, -0.25) is 18.5 Å². The van der Waals surface area contributed by atoms with Gasteiger partial charge >= 0.3 is 5.97 Å². The molecular weight excluding hydrogens is 769 g/mol. The fourth-order valence-electron chi connectivity index (χ4n) is 6.43. The number of anilines is 1. The van der Waals surface area contributed by atoms with E-state index in [1.165, 1.54) is 24.5 Å². The summed E-state index contributed by atoms with van der Waals surface area (Å²) < 4.78 is 117. The number of fused-ring (bicyclic) bond motifs is 2. The second-order valence-corrected chi connectivity index (χ2v) is 17.4. The van der Waals surface area contributed by atoms with Crippen LogP contribution in [0.4, 0.5) is 5.69 Å². The molecular formula is C35H45N2O14S3+. The third kappa shape index (κ3) is 11.8. The summed E-state index contributed by atoms with van der Waals surface area (Å²) in [6.45, 7) is 3.24. The molecule has 2 heterocycles. The number of carboxylic acids is 1. The van der Waals surface area contributed by atoms with Gasteiger partial charge in [0.2, 0.25) is 5.36 Å². The molecule has 0 saturated heterocycles. The molecule has 0 bridgehead atoms. The number of benzene rings is 2. The molecule has 0 fully saturated rings. The average molecular weight is 814 g/mol. The Morgan fingerprint density at radius 1 is 0.926 bits per heavy atom. The number of allylic oxidation sites excluding steroid dienone is 3. The summed E-state index contributed by atoms with van der Waals surface area (Å²) >= 11 is 0. The van der Waals surface area contributed by atoms with E-state index in [9.17, 15) is 43.7 Å². The van der Waals surface area contributed by atoms with Crippen LogP contribution >= 0.6 is 0 Å². The highest BCUT2D eigenvalue weighted by Gasteiger charge is 2.43. The molecule has 1 unspecified atom stereocenters. The Kier molecular flexibility index (Phi) is 14.4. The number of hydrogen-bond acceptors (Lipinski definition) is 11. The third-order valence-electron chi connectivity index (χ3n) is 9.02. The molecule has 0 radical (unpaired) electrons. The van der Waals surface area contributed by atoms with Gasteiger partial charge in [0.1, 0.15) is 18.9 Å². The fourth-order valence-corrected chi connectivity index (χ4v) is 7.94. The molecule has 1 aromatic rings. The van der Waals surface area contributed by atoms with Gasteiger partial charge in [0, 0.05) is 48.5 Å². The van der Waals surface area contributed by atoms with Gasteiger partial charge in [0.05, 0.1) is 48.4 Å². The number of hydrogen-bond donors (Lipinski definition) is 4. The average Bonchev–Trinajstić information content (AvgIpc) is 3.30. The lowest BCUT2D eigenvalue weighted by molar-refractivity contribution is -0.138. The van der Waals surface area contributed by atoms with Crippen molar-refractivity contribution < 1.29 is 62.7 Å². The normalized spacial score (nSPS) is 17.8. The maximum atomic E-state index is 12.2. The Hall–Kier alpha value is -3.95. The van der Waals surface area contributed by atoms with Crippen molar-refractivity contribution in [1.29, 1.82) is 0 Å². The molecule has 54 heavy (non-hydrogen) atoms. The highest BCUT2D eigenvalue weighted by atomic mass is 32.2. The maximum Gasteiger partial charge on any atom is 0.305 e. The molecule has 1 atom stereocenters. The van der Waals surface area contributed by atoms with Crippen molar-refractivity contribution in [2.24, 2.45) is 0 Å². The first-order valence-electron chi connectivity index (χ1n) is 16.9. The molecule has 0 saturated carbocycles. The number of ether oxygens (including phenoxy) is 2. The second kappa shape index (κ2) is 18.1. The number of methoxy groups -OCH3 is 1. The number of carboxylic acid groups (broad SMARTS) is 1. The number of aliphatic carboxylic acids is 1. The van der Waals surface area contributed by atoms with Gasteiger partial charge in [0.25, 0.3) is 30.4 Å². The van der Waals surface area contributed by atoms with Crippen LogP contribution in [0, 0.1) is 0 Å². The van der Waals surface area contributed by atoms with Crippen LogP contribution in [0.3, 0.4) is 0 Å². The van der Waals surface area contributed by atoms with E-state index in [0.29, 0.717) is 42.4 Å². The number of nitrogens with zero attached hydrogens (tertiary/aromatic N) is 2. The van der Waals surface area contributed by atoms with Crippen molar-refractivity contribution in [2.45, 2.75) is 42.9 Å². The van der Waals surface area contributed by atoms with Crippen LogP contribution in [0.2, 0.25) is 0 Å². The summed E-state index contributed by atoms with van der Waals surface area (Å²) in [7, 11) is -11.5. The van der Waals surface area contributed by atoms with E-state index >= 15 is 0 Å². The van der Waals surface area contributed by atoms with Crippen molar-refractivity contribution in [3.05, 3.63) is 83.1 Å². The van der Waals surface area contributed by atoms with Crippen molar-refractivity contribution >= 4 is 48.1 Å². The summed E-state index contributed by atoms with van der Waals surface area (Å²) in [5.74, 6) is -1.42. The Balaban J connectivity index is 1.77. The molecule has 16 nitrogen and oxygen atoms in total. The topological polar surface area (TPSA) is 238 Å². The smallest absolute Gasteiger partial charge is 0.305 e. The predicted octanol–water partition coefficient (Wildman–Crippen LogP) is 3.16. The van der Waals surface area contributed by atoms with Gasteiger partial charge in [-0.2, -0.15) is 25.3 Å². The minimum atomic E-state index is -4.60. The lowest BCUT2D eigenvalue weighted by Gasteiger charge is -2.30. The largest absolute Gasteiger partial charge is 0.481 e. The fraction of sp³-hybridized carbons (Fsp3) is 0.429. The van der Waals surface area contributed by atoms with Gasteiger partial charge < -0.3 is 23.9 Å². The zero-order chi connectivity index (χ0) is 39.7. The first kappa shape index (κ1) is 42.8. The predicted molar refractivity (Wildman–Crippen MR) is 200 cm³/mol. The molecule has 296 valence electrons. The van der Waals surface area contributed by atoms with E-state index in [1.807, 2.05) is 33.8 Å². The SMILES string of the molecule is COCC[N+](CCCS(=O)(=O)O)=c1ccc2c(C=CC=C3N(CCOCCC(=O)O)c4ccc(S(=O)(=O)O)cc4C3(C)CCCS(=O)(=O)O)ccoc-2c1.